The van der Waals surface area contributed by atoms with Gasteiger partial charge in [0.25, 0.3) is 0 Å². The molecule has 3 aromatic carbocycles. The normalized spacial score (nSPS) is 17.3. The molecule has 6 rings (SSSR count). The molecular weight excluding hydrogens is 458 g/mol. The highest BCUT2D eigenvalue weighted by molar-refractivity contribution is 9.10. The molecule has 2 aliphatic carbocycles. The van der Waals surface area contributed by atoms with Crippen LogP contribution in [0.5, 0.6) is 0 Å². The number of aromatic nitrogens is 1. The van der Waals surface area contributed by atoms with Crippen LogP contribution in [-0.2, 0) is 19.3 Å². The van der Waals surface area contributed by atoms with Gasteiger partial charge in [-0.1, -0.05) is 64.5 Å². The van der Waals surface area contributed by atoms with Crippen molar-refractivity contribution in [3.8, 4) is 16.9 Å². The Morgan fingerprint density at radius 1 is 0.812 bits per heavy atom. The maximum absolute atomic E-state index is 13.3. The van der Waals surface area contributed by atoms with Gasteiger partial charge in [-0.25, -0.2) is 0 Å². The van der Waals surface area contributed by atoms with E-state index < -0.39 is 0 Å². The number of benzene rings is 3. The monoisotopic (exact) mass is 481 g/mol. The van der Waals surface area contributed by atoms with E-state index >= 15 is 0 Å². The van der Waals surface area contributed by atoms with E-state index in [1.807, 2.05) is 6.07 Å². The molecule has 0 aliphatic heterocycles. The number of rotatable bonds is 3. The van der Waals surface area contributed by atoms with Gasteiger partial charge in [0.1, 0.15) is 0 Å². The fourth-order valence-electron chi connectivity index (χ4n) is 5.42. The summed E-state index contributed by atoms with van der Waals surface area (Å²) in [5.74, 6) is 0.468. The van der Waals surface area contributed by atoms with E-state index in [4.69, 9.17) is 0 Å². The van der Waals surface area contributed by atoms with Gasteiger partial charge in [-0.15, -0.1) is 0 Å². The van der Waals surface area contributed by atoms with Crippen LogP contribution in [0.3, 0.4) is 0 Å². The first kappa shape index (κ1) is 19.8. The number of carbonyl (C=O) groups excluding carboxylic acids is 1. The number of halogens is 1. The SMILES string of the molecule is O=C1C[C@@H](c2ccccc2)Cc2c1cc(-c1ccc(Br)cc1)n2-c1ccc2c(c1)CCC2. The Morgan fingerprint density at radius 3 is 2.41 bits per heavy atom. The third-order valence-electron chi connectivity index (χ3n) is 7.03. The standard InChI is InChI=1S/C29H24BrNO/c30-24-12-9-21(10-13-24)27-18-26-28(16-23(17-29(26)32)19-5-2-1-3-6-19)31(27)25-14-11-20-7-4-8-22(20)15-25/h1-3,5-6,9-15,18,23H,4,7-8,16-17H2/t23-/m0/s1. The molecule has 0 saturated carbocycles. The summed E-state index contributed by atoms with van der Waals surface area (Å²) in [5, 5.41) is 0. The predicted octanol–water partition coefficient (Wildman–Crippen LogP) is 7.31. The van der Waals surface area contributed by atoms with E-state index in [9.17, 15) is 4.79 Å². The Morgan fingerprint density at radius 2 is 1.59 bits per heavy atom. The summed E-state index contributed by atoms with van der Waals surface area (Å²) in [5.41, 5.74) is 9.60. The van der Waals surface area contributed by atoms with E-state index in [2.05, 4.69) is 93.3 Å². The van der Waals surface area contributed by atoms with Gasteiger partial charge in [0.2, 0.25) is 0 Å². The van der Waals surface area contributed by atoms with Gasteiger partial charge in [-0.05, 0) is 84.2 Å². The van der Waals surface area contributed by atoms with Crippen LogP contribution in [0.15, 0.2) is 83.3 Å². The van der Waals surface area contributed by atoms with Gasteiger partial charge in [0.15, 0.2) is 5.78 Å². The van der Waals surface area contributed by atoms with Crippen molar-refractivity contribution in [2.75, 3.05) is 0 Å². The predicted molar refractivity (Wildman–Crippen MR) is 133 cm³/mol. The Kier molecular flexibility index (Phi) is 4.87. The second-order valence-electron chi connectivity index (χ2n) is 8.98. The molecule has 1 atom stereocenters. The molecule has 1 heterocycles. The Labute approximate surface area is 197 Å². The maximum atomic E-state index is 13.3. The van der Waals surface area contributed by atoms with E-state index in [-0.39, 0.29) is 11.7 Å². The van der Waals surface area contributed by atoms with Gasteiger partial charge >= 0.3 is 0 Å². The van der Waals surface area contributed by atoms with Gasteiger partial charge < -0.3 is 4.57 Å². The van der Waals surface area contributed by atoms with Crippen LogP contribution in [0, 0.1) is 0 Å². The number of nitrogens with zero attached hydrogens (tertiary/aromatic N) is 1. The van der Waals surface area contributed by atoms with E-state index in [1.54, 1.807) is 0 Å². The lowest BCUT2D eigenvalue weighted by atomic mass is 9.82. The van der Waals surface area contributed by atoms with Gasteiger partial charge in [0.05, 0.1) is 5.69 Å². The van der Waals surface area contributed by atoms with Crippen molar-refractivity contribution in [3.05, 3.63) is 111 Å². The van der Waals surface area contributed by atoms with Crippen LogP contribution in [0.1, 0.15) is 51.5 Å². The first-order valence-corrected chi connectivity index (χ1v) is 12.2. The van der Waals surface area contributed by atoms with E-state index in [0.29, 0.717) is 6.42 Å². The minimum absolute atomic E-state index is 0.219. The summed E-state index contributed by atoms with van der Waals surface area (Å²) in [4.78, 5) is 13.3. The summed E-state index contributed by atoms with van der Waals surface area (Å²) < 4.78 is 3.41. The van der Waals surface area contributed by atoms with Crippen LogP contribution < -0.4 is 0 Å². The smallest absolute Gasteiger partial charge is 0.165 e. The van der Waals surface area contributed by atoms with Crippen LogP contribution >= 0.6 is 15.9 Å². The molecule has 0 bridgehead atoms. The summed E-state index contributed by atoms with van der Waals surface area (Å²) in [6.07, 6.45) is 5.00. The molecule has 4 aromatic rings. The molecule has 0 unspecified atom stereocenters. The van der Waals surface area contributed by atoms with Crippen LogP contribution in [0.4, 0.5) is 0 Å². The van der Waals surface area contributed by atoms with Crippen LogP contribution in [0.2, 0.25) is 0 Å². The number of carbonyl (C=O) groups is 1. The number of fused-ring (bicyclic) bond motifs is 2. The molecule has 0 saturated heterocycles. The average molecular weight is 482 g/mol. The molecule has 2 nitrogen and oxygen atoms in total. The third-order valence-corrected chi connectivity index (χ3v) is 7.55. The third kappa shape index (κ3) is 3.36. The molecule has 1 aromatic heterocycles. The molecule has 0 N–H and O–H groups in total. The zero-order valence-electron chi connectivity index (χ0n) is 17.9. The fraction of sp³-hybridized carbons (Fsp3) is 0.207. The molecule has 0 spiro atoms. The highest BCUT2D eigenvalue weighted by atomic mass is 79.9. The molecule has 0 amide bonds. The zero-order chi connectivity index (χ0) is 21.7. The largest absolute Gasteiger partial charge is 0.313 e. The number of hydrogen-bond donors (Lipinski definition) is 0. The number of aryl methyl sites for hydroxylation is 2. The zero-order valence-corrected chi connectivity index (χ0v) is 19.4. The van der Waals surface area contributed by atoms with Crippen molar-refractivity contribution in [1.29, 1.82) is 0 Å². The fourth-order valence-corrected chi connectivity index (χ4v) is 5.68. The first-order chi connectivity index (χ1) is 15.7. The van der Waals surface area contributed by atoms with Gasteiger partial charge in [0, 0.05) is 27.8 Å². The highest BCUT2D eigenvalue weighted by Crippen LogP contribution is 2.39. The summed E-state index contributed by atoms with van der Waals surface area (Å²) in [6.45, 7) is 0. The quantitative estimate of drug-likeness (QED) is 0.300. The van der Waals surface area contributed by atoms with Crippen LogP contribution in [0.25, 0.3) is 16.9 Å². The molecule has 0 radical (unpaired) electrons. The van der Waals surface area contributed by atoms with Crippen molar-refractivity contribution in [2.24, 2.45) is 0 Å². The van der Waals surface area contributed by atoms with E-state index in [1.165, 1.54) is 35.2 Å². The van der Waals surface area contributed by atoms with Gasteiger partial charge in [-0.3, -0.25) is 4.79 Å². The second kappa shape index (κ2) is 7.90. The molecular formula is C29H24BrNO. The number of Topliss-reactive ketones (excluding diaryl/α,β-unsaturated/α-hetero) is 1. The minimum Gasteiger partial charge on any atom is -0.313 e. The highest BCUT2D eigenvalue weighted by Gasteiger charge is 2.31. The van der Waals surface area contributed by atoms with Crippen molar-refractivity contribution in [1.82, 2.24) is 4.57 Å². The number of hydrogen-bond acceptors (Lipinski definition) is 1. The van der Waals surface area contributed by atoms with Crippen molar-refractivity contribution in [2.45, 2.75) is 38.0 Å². The summed E-state index contributed by atoms with van der Waals surface area (Å²) in [6, 6.07) is 27.9. The molecule has 0 fully saturated rings. The lowest BCUT2D eigenvalue weighted by Gasteiger charge is -2.24. The molecule has 158 valence electrons. The maximum Gasteiger partial charge on any atom is 0.165 e. The minimum atomic E-state index is 0.219. The molecule has 2 aliphatic rings. The Balaban J connectivity index is 1.54. The second-order valence-corrected chi connectivity index (χ2v) is 9.89. The van der Waals surface area contributed by atoms with Crippen molar-refractivity contribution in [3.63, 3.8) is 0 Å². The average Bonchev–Trinajstić information content (AvgIpc) is 3.44. The molecule has 32 heavy (non-hydrogen) atoms. The van der Waals surface area contributed by atoms with Crippen LogP contribution in [-0.4, -0.2) is 10.4 Å². The Bertz CT molecular complexity index is 1320. The van der Waals surface area contributed by atoms with Crippen molar-refractivity contribution >= 4 is 21.7 Å². The van der Waals surface area contributed by atoms with Crippen molar-refractivity contribution < 1.29 is 4.79 Å². The number of ketones is 1. The topological polar surface area (TPSA) is 22.0 Å². The lowest BCUT2D eigenvalue weighted by molar-refractivity contribution is 0.0963. The molecule has 3 heteroatoms. The Hall–Kier alpha value is -2.91. The summed E-state index contributed by atoms with van der Waals surface area (Å²) >= 11 is 3.55. The van der Waals surface area contributed by atoms with Gasteiger partial charge in [-0.2, -0.15) is 0 Å². The van der Waals surface area contributed by atoms with E-state index in [0.717, 1.165) is 39.8 Å². The lowest BCUT2D eigenvalue weighted by Crippen LogP contribution is -2.20. The first-order valence-electron chi connectivity index (χ1n) is 11.4. The summed E-state index contributed by atoms with van der Waals surface area (Å²) in [7, 11) is 0.